The maximum Gasteiger partial charge on any atom is 0.204 e. The van der Waals surface area contributed by atoms with E-state index < -0.39 is 0 Å². The highest BCUT2D eigenvalue weighted by Crippen LogP contribution is 2.26. The zero-order valence-electron chi connectivity index (χ0n) is 14.1. The molecule has 0 bridgehead atoms. The molecule has 1 atom stereocenters. The summed E-state index contributed by atoms with van der Waals surface area (Å²) in [5.74, 6) is 0.617. The minimum absolute atomic E-state index is 0.142. The van der Waals surface area contributed by atoms with Gasteiger partial charge in [-0.25, -0.2) is 0 Å². The normalized spacial score (nSPS) is 12.5. The third kappa shape index (κ3) is 3.68. The molecule has 0 fully saturated rings. The molecule has 3 rings (SSSR count). The van der Waals surface area contributed by atoms with Gasteiger partial charge in [0.15, 0.2) is 0 Å². The van der Waals surface area contributed by atoms with E-state index in [2.05, 4.69) is 76.2 Å². The van der Waals surface area contributed by atoms with Crippen molar-refractivity contribution in [2.75, 3.05) is 0 Å². The summed E-state index contributed by atoms with van der Waals surface area (Å²) < 4.78 is 0. The van der Waals surface area contributed by atoms with Gasteiger partial charge in [-0.3, -0.25) is 0 Å². The minimum Gasteiger partial charge on any atom is -0.303 e. The van der Waals surface area contributed by atoms with Gasteiger partial charge < -0.3 is 5.32 Å². The Balaban J connectivity index is 1.97. The van der Waals surface area contributed by atoms with Crippen LogP contribution < -0.4 is 5.32 Å². The van der Waals surface area contributed by atoms with Crippen molar-refractivity contribution in [3.05, 3.63) is 65.7 Å². The Morgan fingerprint density at radius 1 is 0.958 bits per heavy atom. The monoisotopic (exact) mass is 321 g/mol. The third-order valence-corrected chi connectivity index (χ3v) is 4.34. The van der Waals surface area contributed by atoms with Gasteiger partial charge in [0.2, 0.25) is 5.82 Å². The van der Waals surface area contributed by atoms with Crippen molar-refractivity contribution >= 4 is 0 Å². The Bertz CT molecular complexity index is 735. The van der Waals surface area contributed by atoms with Crippen molar-refractivity contribution in [2.45, 2.75) is 38.8 Å². The Kier molecular flexibility index (Phi) is 5.33. The van der Waals surface area contributed by atoms with Crippen LogP contribution in [-0.4, -0.2) is 26.7 Å². The summed E-state index contributed by atoms with van der Waals surface area (Å²) in [6, 6.07) is 19.5. The van der Waals surface area contributed by atoms with E-state index in [1.165, 1.54) is 11.1 Å². The molecule has 5 nitrogen and oxygen atoms in total. The molecule has 0 aliphatic rings. The van der Waals surface area contributed by atoms with Crippen LogP contribution in [0.5, 0.6) is 0 Å². The van der Waals surface area contributed by atoms with Crippen LogP contribution in [0.2, 0.25) is 0 Å². The molecule has 0 radical (unpaired) electrons. The highest BCUT2D eigenvalue weighted by atomic mass is 15.5. The van der Waals surface area contributed by atoms with Crippen LogP contribution >= 0.6 is 0 Å². The van der Waals surface area contributed by atoms with E-state index >= 15 is 0 Å². The van der Waals surface area contributed by atoms with Crippen LogP contribution in [0.4, 0.5) is 0 Å². The molecule has 5 heteroatoms. The van der Waals surface area contributed by atoms with Gasteiger partial charge in [0.1, 0.15) is 0 Å². The van der Waals surface area contributed by atoms with Crippen molar-refractivity contribution < 1.29 is 0 Å². The molecule has 0 saturated heterocycles. The summed E-state index contributed by atoms with van der Waals surface area (Å²) in [7, 11) is 0. The lowest BCUT2D eigenvalue weighted by Gasteiger charge is -2.25. The highest BCUT2D eigenvalue weighted by Gasteiger charge is 2.18. The fourth-order valence-electron chi connectivity index (χ4n) is 2.93. The minimum atomic E-state index is 0.142. The number of benzene rings is 2. The smallest absolute Gasteiger partial charge is 0.204 e. The van der Waals surface area contributed by atoms with Crippen LogP contribution in [0.15, 0.2) is 54.6 Å². The molecule has 1 aromatic heterocycles. The molecule has 2 aromatic carbocycles. The first-order chi connectivity index (χ1) is 11.8. The molecule has 124 valence electrons. The number of aromatic nitrogens is 4. The van der Waals surface area contributed by atoms with Gasteiger partial charge in [0, 0.05) is 11.6 Å². The SMILES string of the molecule is CCC(CC)NC(c1ccccc1)c1cccc(-c2nn[nH]n2)c1. The van der Waals surface area contributed by atoms with Crippen LogP contribution in [-0.2, 0) is 0 Å². The predicted octanol–water partition coefficient (Wildman–Crippen LogP) is 3.73. The Hall–Kier alpha value is -2.53. The lowest BCUT2D eigenvalue weighted by atomic mass is 9.95. The lowest BCUT2D eigenvalue weighted by Crippen LogP contribution is -2.32. The second-order valence-electron chi connectivity index (χ2n) is 5.88. The number of hydrogen-bond donors (Lipinski definition) is 2. The zero-order valence-corrected chi connectivity index (χ0v) is 14.1. The second kappa shape index (κ2) is 7.84. The summed E-state index contributed by atoms with van der Waals surface area (Å²) >= 11 is 0. The molecule has 2 N–H and O–H groups in total. The summed E-state index contributed by atoms with van der Waals surface area (Å²) in [6.07, 6.45) is 2.20. The first-order valence-electron chi connectivity index (χ1n) is 8.46. The van der Waals surface area contributed by atoms with Crippen molar-refractivity contribution in [3.8, 4) is 11.4 Å². The standard InChI is InChI=1S/C19H23N5/c1-3-17(4-2)20-18(14-9-6-5-7-10-14)15-11-8-12-16(13-15)19-21-23-24-22-19/h5-13,17-18,20H,3-4H2,1-2H3,(H,21,22,23,24). The molecule has 0 spiro atoms. The largest absolute Gasteiger partial charge is 0.303 e. The Morgan fingerprint density at radius 2 is 1.71 bits per heavy atom. The molecule has 0 saturated carbocycles. The summed E-state index contributed by atoms with van der Waals surface area (Å²) in [6.45, 7) is 4.44. The maximum absolute atomic E-state index is 4.09. The molecule has 24 heavy (non-hydrogen) atoms. The summed E-state index contributed by atoms with van der Waals surface area (Å²) in [4.78, 5) is 0. The van der Waals surface area contributed by atoms with Crippen LogP contribution in [0.25, 0.3) is 11.4 Å². The Morgan fingerprint density at radius 3 is 2.38 bits per heavy atom. The maximum atomic E-state index is 4.09. The fourth-order valence-corrected chi connectivity index (χ4v) is 2.93. The topological polar surface area (TPSA) is 66.5 Å². The Labute approximate surface area is 142 Å². The second-order valence-corrected chi connectivity index (χ2v) is 5.88. The van der Waals surface area contributed by atoms with Gasteiger partial charge in [-0.15, -0.1) is 10.2 Å². The number of tetrazole rings is 1. The molecule has 0 aliphatic carbocycles. The van der Waals surface area contributed by atoms with Gasteiger partial charge in [0.25, 0.3) is 0 Å². The van der Waals surface area contributed by atoms with E-state index in [1.807, 2.05) is 18.2 Å². The van der Waals surface area contributed by atoms with Crippen molar-refractivity contribution in [2.24, 2.45) is 0 Å². The van der Waals surface area contributed by atoms with Crippen molar-refractivity contribution in [1.82, 2.24) is 25.9 Å². The van der Waals surface area contributed by atoms with Crippen LogP contribution in [0.3, 0.4) is 0 Å². The number of nitrogens with zero attached hydrogens (tertiary/aromatic N) is 3. The van der Waals surface area contributed by atoms with Gasteiger partial charge in [-0.2, -0.15) is 5.21 Å². The molecule has 0 aliphatic heterocycles. The fraction of sp³-hybridized carbons (Fsp3) is 0.316. The molecule has 1 heterocycles. The quantitative estimate of drug-likeness (QED) is 0.696. The number of rotatable bonds is 7. The average molecular weight is 321 g/mol. The number of H-pyrrole nitrogens is 1. The molecular weight excluding hydrogens is 298 g/mol. The van der Waals surface area contributed by atoms with E-state index in [1.54, 1.807) is 0 Å². The number of hydrogen-bond acceptors (Lipinski definition) is 4. The highest BCUT2D eigenvalue weighted by molar-refractivity contribution is 5.56. The molecule has 3 aromatic rings. The zero-order chi connectivity index (χ0) is 16.8. The van der Waals surface area contributed by atoms with Crippen LogP contribution in [0, 0.1) is 0 Å². The van der Waals surface area contributed by atoms with E-state index in [0.717, 1.165) is 18.4 Å². The van der Waals surface area contributed by atoms with E-state index in [0.29, 0.717) is 11.9 Å². The van der Waals surface area contributed by atoms with E-state index in [4.69, 9.17) is 0 Å². The third-order valence-electron chi connectivity index (χ3n) is 4.34. The molecule has 1 unspecified atom stereocenters. The summed E-state index contributed by atoms with van der Waals surface area (Å²) in [5.41, 5.74) is 3.43. The van der Waals surface area contributed by atoms with Gasteiger partial charge in [-0.1, -0.05) is 62.4 Å². The lowest BCUT2D eigenvalue weighted by molar-refractivity contribution is 0.447. The number of nitrogens with one attached hydrogen (secondary N) is 2. The predicted molar refractivity (Wildman–Crippen MR) is 95.4 cm³/mol. The van der Waals surface area contributed by atoms with E-state index in [-0.39, 0.29) is 6.04 Å². The van der Waals surface area contributed by atoms with Gasteiger partial charge >= 0.3 is 0 Å². The van der Waals surface area contributed by atoms with Crippen LogP contribution in [0.1, 0.15) is 43.9 Å². The molecule has 0 amide bonds. The number of aromatic amines is 1. The summed E-state index contributed by atoms with van der Waals surface area (Å²) in [5, 5.41) is 18.1. The van der Waals surface area contributed by atoms with Gasteiger partial charge in [-0.05, 0) is 35.2 Å². The first kappa shape index (κ1) is 16.3. The van der Waals surface area contributed by atoms with Gasteiger partial charge in [0.05, 0.1) is 6.04 Å². The average Bonchev–Trinajstić information content (AvgIpc) is 3.18. The molecular formula is C19H23N5. The van der Waals surface area contributed by atoms with Crippen molar-refractivity contribution in [3.63, 3.8) is 0 Å². The van der Waals surface area contributed by atoms with E-state index in [9.17, 15) is 0 Å². The van der Waals surface area contributed by atoms with Crippen molar-refractivity contribution in [1.29, 1.82) is 0 Å². The first-order valence-corrected chi connectivity index (χ1v) is 8.46.